The average Bonchev–Trinajstić information content (AvgIpc) is 0.773. The van der Waals surface area contributed by atoms with Crippen LogP contribution in [0.1, 0.15) is 136 Å². The number of aryl methyl sites for hydroxylation is 1. The number of aliphatic hydroxyl groups excluding tert-OH is 2. The van der Waals surface area contributed by atoms with E-state index >= 15 is 0 Å². The summed E-state index contributed by atoms with van der Waals surface area (Å²) in [6.07, 6.45) is 15.9. The monoisotopic (exact) mass is 1410 g/mol. The number of anilines is 2. The van der Waals surface area contributed by atoms with Gasteiger partial charge in [-0.05, 0) is 126 Å². The summed E-state index contributed by atoms with van der Waals surface area (Å²) in [7, 11) is 3.14. The van der Waals surface area contributed by atoms with Crippen LogP contribution in [0.4, 0.5) is 11.9 Å². The number of piperazine rings is 2. The standard InChI is InChI=1S/C73H109N11O15S/c1-46-15-11-10-12-16-48(3)60(94-8)39-55-20-18-52(7)73(93,99-55)67(90)68(91)84-23-14-13-17-57(84)69(92)97-61(40-58(85)49(4)36-51(6)65(88)66(89)64(87)50(5)35-46)56(74)37-53-19-21-59(62(38-53)95-9)98-72(100)79-45-54-43-77-71(78-44-54)83-30-28-81(29-31-83)63(86)22-33-96-34-32-80-24-26-82(27-25-80)70-75-41-47(2)42-76-70/h10-12,15-16,36,41-44,46,49-50,52-53,55-57,59-62,65-66,88-89,93H,13-14,17-35,37-40,45,74H2,1-9H3,(H,79,100)/b12-10?,15-11+,48-16?,51-36+/t46-,49-,50-,52-,53+,55+,56-,57+,59-,60+,61+,62-,65-,66+,73-/m1/s1. The van der Waals surface area contributed by atoms with Crippen molar-refractivity contribution in [3.05, 3.63) is 83.5 Å². The number of amides is 2. The fourth-order valence-electron chi connectivity index (χ4n) is 14.2. The van der Waals surface area contributed by atoms with Gasteiger partial charge in [-0.15, -0.1) is 0 Å². The topological polar surface area (TPSA) is 324 Å². The van der Waals surface area contributed by atoms with E-state index in [1.165, 1.54) is 13.0 Å². The smallest absolute Gasteiger partial charge is 0.329 e. The molecule has 100 heavy (non-hydrogen) atoms. The minimum atomic E-state index is -2.50. The van der Waals surface area contributed by atoms with Crippen LogP contribution in [0, 0.1) is 36.5 Å². The third-order valence-electron chi connectivity index (χ3n) is 20.7. The Labute approximate surface area is 594 Å². The van der Waals surface area contributed by atoms with Crippen LogP contribution < -0.4 is 20.9 Å². The molecule has 1 aliphatic carbocycles. The van der Waals surface area contributed by atoms with E-state index in [4.69, 9.17) is 46.4 Å². The molecule has 27 heteroatoms. The first kappa shape index (κ1) is 79.2. The lowest BCUT2D eigenvalue weighted by Gasteiger charge is -2.42. The summed E-state index contributed by atoms with van der Waals surface area (Å²) >= 11 is 5.68. The van der Waals surface area contributed by atoms with Crippen molar-refractivity contribution in [2.75, 3.05) is 103 Å². The number of esters is 1. The second kappa shape index (κ2) is 38.1. The number of piperidine rings is 1. The highest BCUT2D eigenvalue weighted by Crippen LogP contribution is 2.38. The summed E-state index contributed by atoms with van der Waals surface area (Å²) < 4.78 is 36.5. The number of hydrogen-bond donors (Lipinski definition) is 5. The number of carbonyl (C=O) groups is 6. The SMILES string of the molecule is CO[C@H]1C[C@@H]2CC[C@@H](C)[C@@](O)(O2)C(=O)C(=O)N2CCCC[C@H]2C(=O)O[C@H]([C@H](N)C[C@@H]2CC[C@@H](OC(=S)NCc3cnc(N4CCN(C(=O)CCOCCN5CCN(c6ncc(C)cn6)CC5)CC4)nc3)[C@H](OC)C2)CC(=O)[C@H](C)/C=C(\C)[C@@H](O)[C@@H](O)C(=O)[C@H](C)C[C@H](C)/C=C/C=CC=C1C. The lowest BCUT2D eigenvalue weighted by atomic mass is 9.80. The van der Waals surface area contributed by atoms with Crippen LogP contribution in [0.5, 0.6) is 0 Å². The van der Waals surface area contributed by atoms with Gasteiger partial charge in [0.15, 0.2) is 5.78 Å². The van der Waals surface area contributed by atoms with Gasteiger partial charge in [0, 0.05) is 153 Å². The normalized spacial score (nSPS) is 31.5. The van der Waals surface area contributed by atoms with Gasteiger partial charge in [0.05, 0.1) is 37.9 Å². The molecular formula is C73H109N11O15S. The summed E-state index contributed by atoms with van der Waals surface area (Å²) in [5.41, 5.74) is 9.91. The number of nitrogens with zero attached hydrogens (tertiary/aromatic N) is 9. The molecule has 2 aromatic heterocycles. The first-order valence-electron chi connectivity index (χ1n) is 35.9. The molecule has 2 bridgehead atoms. The van der Waals surface area contributed by atoms with E-state index in [9.17, 15) is 44.1 Å². The van der Waals surface area contributed by atoms with Gasteiger partial charge in [0.1, 0.15) is 36.2 Å². The number of aromatic nitrogens is 4. The summed E-state index contributed by atoms with van der Waals surface area (Å²) in [4.78, 5) is 112. The molecule has 0 aromatic carbocycles. The van der Waals surface area contributed by atoms with E-state index < -0.39 is 108 Å². The zero-order valence-corrected chi connectivity index (χ0v) is 60.8. The number of thiocarbonyl (C=S) groups is 1. The second-order valence-corrected chi connectivity index (χ2v) is 28.7. The average molecular weight is 1410 g/mol. The molecule has 5 fully saturated rings. The lowest BCUT2D eigenvalue weighted by molar-refractivity contribution is -0.265. The van der Waals surface area contributed by atoms with Crippen LogP contribution in [0.25, 0.3) is 0 Å². The largest absolute Gasteiger partial charge is 0.465 e. The van der Waals surface area contributed by atoms with Gasteiger partial charge in [-0.3, -0.25) is 28.9 Å². The highest BCUT2D eigenvalue weighted by Gasteiger charge is 2.53. The maximum Gasteiger partial charge on any atom is 0.329 e. The van der Waals surface area contributed by atoms with E-state index in [2.05, 4.69) is 40.0 Å². The Hall–Kier alpha value is -6.53. The van der Waals surface area contributed by atoms with Crippen LogP contribution in [0.2, 0.25) is 0 Å². The minimum Gasteiger partial charge on any atom is -0.465 e. The number of hydrogen-bond acceptors (Lipinski definition) is 24. The lowest BCUT2D eigenvalue weighted by Crippen LogP contribution is -2.61. The number of rotatable bonds is 16. The van der Waals surface area contributed by atoms with Gasteiger partial charge in [0.25, 0.3) is 16.9 Å². The molecule has 1 saturated carbocycles. The van der Waals surface area contributed by atoms with E-state index in [0.717, 1.165) is 60.3 Å². The van der Waals surface area contributed by atoms with E-state index in [1.54, 1.807) is 47.4 Å². The van der Waals surface area contributed by atoms with Gasteiger partial charge < -0.3 is 74.4 Å². The molecule has 2 aromatic rings. The van der Waals surface area contributed by atoms with Gasteiger partial charge in [0.2, 0.25) is 23.6 Å². The molecular weight excluding hydrogens is 1300 g/mol. The quantitative estimate of drug-likeness (QED) is 0.0481. The Balaban J connectivity index is 0.843. The molecule has 6 aliphatic rings. The highest BCUT2D eigenvalue weighted by atomic mass is 32.1. The number of ketones is 3. The Kier molecular flexibility index (Phi) is 30.2. The van der Waals surface area contributed by atoms with Crippen LogP contribution in [-0.2, 0) is 63.7 Å². The Bertz CT molecular complexity index is 3180. The van der Waals surface area contributed by atoms with Crippen molar-refractivity contribution < 1.29 is 72.5 Å². The van der Waals surface area contributed by atoms with Gasteiger partial charge in [-0.2, -0.15) is 0 Å². The Morgan fingerprint density at radius 2 is 1.45 bits per heavy atom. The number of fused-ring (bicyclic) bond motifs is 3. The Morgan fingerprint density at radius 1 is 0.770 bits per heavy atom. The molecule has 8 rings (SSSR count). The third kappa shape index (κ3) is 22.0. The number of allylic oxidation sites excluding steroid dienone is 6. The van der Waals surface area contributed by atoms with Crippen LogP contribution in [-0.4, -0.2) is 244 Å². The van der Waals surface area contributed by atoms with Crippen LogP contribution >= 0.6 is 12.2 Å². The number of ether oxygens (including phenoxy) is 6. The predicted molar refractivity (Wildman–Crippen MR) is 379 cm³/mol. The number of aliphatic hydroxyl groups is 3. The number of nitrogens with two attached hydrogens (primary N) is 1. The number of Topliss-reactive ketones (excluding diaryl/α,β-unsaturated/α-hetero) is 3. The number of nitrogens with one attached hydrogen (secondary N) is 1. The molecule has 5 aliphatic heterocycles. The molecule has 4 saturated heterocycles. The molecule has 15 atom stereocenters. The van der Waals surface area contributed by atoms with Gasteiger partial charge >= 0.3 is 5.97 Å². The van der Waals surface area contributed by atoms with Crippen molar-refractivity contribution in [3.8, 4) is 0 Å². The van der Waals surface area contributed by atoms with Crippen molar-refractivity contribution in [2.24, 2.45) is 35.3 Å². The Morgan fingerprint density at radius 3 is 2.13 bits per heavy atom. The first-order valence-corrected chi connectivity index (χ1v) is 36.3. The van der Waals surface area contributed by atoms with Crippen molar-refractivity contribution >= 4 is 64.4 Å². The van der Waals surface area contributed by atoms with E-state index in [0.29, 0.717) is 110 Å². The molecule has 0 unspecified atom stereocenters. The predicted octanol–water partition coefficient (Wildman–Crippen LogP) is 5.08. The molecule has 7 heterocycles. The summed E-state index contributed by atoms with van der Waals surface area (Å²) in [6.45, 7) is 20.1. The summed E-state index contributed by atoms with van der Waals surface area (Å²) in [5.74, 6) is -7.67. The second-order valence-electron chi connectivity index (χ2n) is 28.3. The van der Waals surface area contributed by atoms with Crippen LogP contribution in [0.3, 0.4) is 0 Å². The number of cyclic esters (lactones) is 1. The maximum absolute atomic E-state index is 14.7. The molecule has 2 amide bonds. The fourth-order valence-corrected chi connectivity index (χ4v) is 14.4. The summed E-state index contributed by atoms with van der Waals surface area (Å²) in [6, 6.07) is -2.18. The molecule has 6 N–H and O–H groups in total. The van der Waals surface area contributed by atoms with E-state index in [1.807, 2.05) is 68.4 Å². The minimum absolute atomic E-state index is 0.0162. The zero-order chi connectivity index (χ0) is 72.2. The fraction of sp³-hybridized carbons (Fsp3) is 0.685. The highest BCUT2D eigenvalue weighted by molar-refractivity contribution is 7.80. The molecule has 0 spiro atoms. The van der Waals surface area contributed by atoms with Crippen LogP contribution in [0.15, 0.2) is 72.4 Å². The van der Waals surface area contributed by atoms with Crippen molar-refractivity contribution in [3.63, 3.8) is 0 Å². The van der Waals surface area contributed by atoms with Crippen molar-refractivity contribution in [1.29, 1.82) is 0 Å². The number of carbonyl (C=O) groups excluding carboxylic acids is 6. The van der Waals surface area contributed by atoms with Gasteiger partial charge in [-0.25, -0.2) is 24.7 Å². The zero-order valence-electron chi connectivity index (χ0n) is 60.0. The molecule has 552 valence electrons. The molecule has 0 radical (unpaired) electrons. The maximum atomic E-state index is 14.7. The van der Waals surface area contributed by atoms with Crippen molar-refractivity contribution in [2.45, 2.75) is 199 Å². The molecule has 26 nitrogen and oxygen atoms in total. The summed E-state index contributed by atoms with van der Waals surface area (Å²) in [5, 5.41) is 37.9. The van der Waals surface area contributed by atoms with Crippen molar-refractivity contribution in [1.82, 2.24) is 40.0 Å². The first-order chi connectivity index (χ1) is 47.8. The van der Waals surface area contributed by atoms with E-state index in [-0.39, 0.29) is 60.7 Å². The number of methoxy groups -OCH3 is 2. The van der Waals surface area contributed by atoms with Gasteiger partial charge in [-0.1, -0.05) is 64.2 Å². The third-order valence-corrected chi connectivity index (χ3v) is 20.9.